The summed E-state index contributed by atoms with van der Waals surface area (Å²) in [7, 11) is 1.61. The summed E-state index contributed by atoms with van der Waals surface area (Å²) in [5, 5.41) is 4.58. The molecule has 0 spiro atoms. The lowest BCUT2D eigenvalue weighted by Crippen LogP contribution is -2.37. The summed E-state index contributed by atoms with van der Waals surface area (Å²) in [6.07, 6.45) is 6.12. The normalized spacial score (nSPS) is 18.4. The number of piperidine rings is 1. The van der Waals surface area contributed by atoms with Crippen molar-refractivity contribution in [2.24, 2.45) is 5.92 Å². The average molecular weight is 341 g/mol. The van der Waals surface area contributed by atoms with Crippen LogP contribution < -0.4 is 15.2 Å². The lowest BCUT2D eigenvalue weighted by Gasteiger charge is -2.32. The number of nitrogens with zero attached hydrogens (tertiary/aromatic N) is 5. The van der Waals surface area contributed by atoms with Crippen LogP contribution in [0.15, 0.2) is 29.2 Å². The fourth-order valence-corrected chi connectivity index (χ4v) is 3.35. The quantitative estimate of drug-likeness (QED) is 0.826. The van der Waals surface area contributed by atoms with Crippen molar-refractivity contribution in [3.63, 3.8) is 0 Å². The van der Waals surface area contributed by atoms with Crippen LogP contribution >= 0.6 is 0 Å². The maximum Gasteiger partial charge on any atom is 0.266 e. The molecule has 2 aromatic rings. The monoisotopic (exact) mass is 341 g/mol. The SMILES string of the molecule is COc1ccnc(N2CCC(Cn3nc(C4CC4)ccc3=O)CC2)n1. The molecule has 1 aliphatic carbocycles. The van der Waals surface area contributed by atoms with Gasteiger partial charge in [-0.2, -0.15) is 10.1 Å². The van der Waals surface area contributed by atoms with Crippen molar-refractivity contribution >= 4 is 5.95 Å². The van der Waals surface area contributed by atoms with Crippen LogP contribution in [0.4, 0.5) is 5.95 Å². The van der Waals surface area contributed by atoms with Crippen molar-refractivity contribution in [2.75, 3.05) is 25.1 Å². The molecule has 0 aromatic carbocycles. The number of hydrogen-bond acceptors (Lipinski definition) is 6. The third-order valence-electron chi connectivity index (χ3n) is 5.04. The third kappa shape index (κ3) is 3.65. The third-order valence-corrected chi connectivity index (χ3v) is 5.04. The second kappa shape index (κ2) is 6.82. The molecule has 1 aliphatic heterocycles. The molecule has 0 atom stereocenters. The smallest absolute Gasteiger partial charge is 0.266 e. The van der Waals surface area contributed by atoms with E-state index in [1.807, 2.05) is 6.07 Å². The van der Waals surface area contributed by atoms with Crippen molar-refractivity contribution in [1.29, 1.82) is 0 Å². The van der Waals surface area contributed by atoms with Gasteiger partial charge < -0.3 is 9.64 Å². The Kier molecular flexibility index (Phi) is 4.38. The Morgan fingerprint density at radius 1 is 1.16 bits per heavy atom. The molecular weight excluding hydrogens is 318 g/mol. The van der Waals surface area contributed by atoms with Crippen LogP contribution in [0.2, 0.25) is 0 Å². The minimum absolute atomic E-state index is 0.00274. The summed E-state index contributed by atoms with van der Waals surface area (Å²) in [4.78, 5) is 23.0. The Labute approximate surface area is 146 Å². The highest BCUT2D eigenvalue weighted by Gasteiger charge is 2.26. The molecule has 2 aliphatic rings. The van der Waals surface area contributed by atoms with Crippen molar-refractivity contribution in [3.8, 4) is 5.88 Å². The molecule has 2 aromatic heterocycles. The molecular formula is C18H23N5O2. The predicted octanol–water partition coefficient (Wildman–Crippen LogP) is 1.84. The second-order valence-corrected chi connectivity index (χ2v) is 6.88. The van der Waals surface area contributed by atoms with Crippen molar-refractivity contribution in [2.45, 2.75) is 38.1 Å². The van der Waals surface area contributed by atoms with E-state index in [0.717, 1.165) is 31.6 Å². The minimum Gasteiger partial charge on any atom is -0.481 e. The van der Waals surface area contributed by atoms with Crippen LogP contribution in [0, 0.1) is 5.92 Å². The maximum absolute atomic E-state index is 12.1. The van der Waals surface area contributed by atoms with Gasteiger partial charge in [0, 0.05) is 43.9 Å². The molecule has 0 amide bonds. The van der Waals surface area contributed by atoms with Gasteiger partial charge in [0.15, 0.2) is 0 Å². The first-order valence-corrected chi connectivity index (χ1v) is 8.93. The number of ether oxygens (including phenoxy) is 1. The van der Waals surface area contributed by atoms with E-state index in [1.165, 1.54) is 12.8 Å². The molecule has 3 heterocycles. The summed E-state index contributed by atoms with van der Waals surface area (Å²) < 4.78 is 6.83. The Balaban J connectivity index is 1.39. The van der Waals surface area contributed by atoms with E-state index in [1.54, 1.807) is 30.1 Å². The van der Waals surface area contributed by atoms with Crippen LogP contribution in [-0.4, -0.2) is 39.9 Å². The van der Waals surface area contributed by atoms with Gasteiger partial charge in [0.05, 0.1) is 12.8 Å². The molecule has 0 N–H and O–H groups in total. The van der Waals surface area contributed by atoms with Crippen LogP contribution in [0.3, 0.4) is 0 Å². The minimum atomic E-state index is 0.00274. The van der Waals surface area contributed by atoms with E-state index in [-0.39, 0.29) is 5.56 Å². The van der Waals surface area contributed by atoms with Gasteiger partial charge in [0.25, 0.3) is 5.56 Å². The van der Waals surface area contributed by atoms with Crippen LogP contribution in [0.1, 0.15) is 37.3 Å². The number of anilines is 1. The summed E-state index contributed by atoms with van der Waals surface area (Å²) in [5.41, 5.74) is 1.07. The first-order chi connectivity index (χ1) is 12.2. The standard InChI is InChI=1S/C18H23N5O2/c1-25-16-6-9-19-18(20-16)22-10-7-13(8-11-22)12-23-17(24)5-4-15(21-23)14-2-3-14/h4-6,9,13-14H,2-3,7-8,10-12H2,1H3. The van der Waals surface area contributed by atoms with E-state index >= 15 is 0 Å². The molecule has 2 fully saturated rings. The first-order valence-electron chi connectivity index (χ1n) is 8.93. The molecule has 7 heteroatoms. The van der Waals surface area contributed by atoms with Gasteiger partial charge in [-0.05, 0) is 37.7 Å². The maximum atomic E-state index is 12.1. The van der Waals surface area contributed by atoms with E-state index in [9.17, 15) is 4.79 Å². The predicted molar refractivity (Wildman–Crippen MR) is 94.0 cm³/mol. The van der Waals surface area contributed by atoms with E-state index in [2.05, 4.69) is 20.0 Å². The van der Waals surface area contributed by atoms with Gasteiger partial charge >= 0.3 is 0 Å². The molecule has 25 heavy (non-hydrogen) atoms. The average Bonchev–Trinajstić information content (AvgIpc) is 3.49. The molecule has 7 nitrogen and oxygen atoms in total. The number of methoxy groups -OCH3 is 1. The van der Waals surface area contributed by atoms with Crippen LogP contribution in [0.5, 0.6) is 5.88 Å². The Bertz CT molecular complexity index is 794. The zero-order valence-corrected chi connectivity index (χ0v) is 14.5. The van der Waals surface area contributed by atoms with Gasteiger partial charge in [-0.15, -0.1) is 0 Å². The van der Waals surface area contributed by atoms with Crippen molar-refractivity contribution in [3.05, 3.63) is 40.4 Å². The zero-order valence-electron chi connectivity index (χ0n) is 14.5. The lowest BCUT2D eigenvalue weighted by atomic mass is 9.97. The van der Waals surface area contributed by atoms with Gasteiger partial charge in [-0.1, -0.05) is 0 Å². The summed E-state index contributed by atoms with van der Waals surface area (Å²) in [5.74, 6) is 2.32. The molecule has 132 valence electrons. The van der Waals surface area contributed by atoms with E-state index < -0.39 is 0 Å². The summed E-state index contributed by atoms with van der Waals surface area (Å²) in [6, 6.07) is 5.31. The molecule has 1 saturated carbocycles. The number of aromatic nitrogens is 4. The molecule has 0 radical (unpaired) electrons. The van der Waals surface area contributed by atoms with Gasteiger partial charge in [0.1, 0.15) is 0 Å². The largest absolute Gasteiger partial charge is 0.481 e. The molecule has 0 unspecified atom stereocenters. The molecule has 1 saturated heterocycles. The van der Waals surface area contributed by atoms with E-state index in [4.69, 9.17) is 4.74 Å². The van der Waals surface area contributed by atoms with Crippen molar-refractivity contribution in [1.82, 2.24) is 19.7 Å². The van der Waals surface area contributed by atoms with Gasteiger partial charge in [0.2, 0.25) is 11.8 Å². The van der Waals surface area contributed by atoms with Crippen LogP contribution in [-0.2, 0) is 6.54 Å². The zero-order chi connectivity index (χ0) is 17.2. The highest BCUT2D eigenvalue weighted by Crippen LogP contribution is 2.38. The second-order valence-electron chi connectivity index (χ2n) is 6.88. The molecule has 0 bridgehead atoms. The fourth-order valence-electron chi connectivity index (χ4n) is 3.35. The summed E-state index contributed by atoms with van der Waals surface area (Å²) >= 11 is 0. The van der Waals surface area contributed by atoms with E-state index in [0.29, 0.717) is 30.2 Å². The fraction of sp³-hybridized carbons (Fsp3) is 0.556. The Hall–Kier alpha value is -2.44. The Morgan fingerprint density at radius 3 is 2.68 bits per heavy atom. The Morgan fingerprint density at radius 2 is 1.96 bits per heavy atom. The highest BCUT2D eigenvalue weighted by atomic mass is 16.5. The lowest BCUT2D eigenvalue weighted by molar-refractivity contribution is 0.331. The number of hydrogen-bond donors (Lipinski definition) is 0. The molecule has 4 rings (SSSR count). The summed E-state index contributed by atoms with van der Waals surface area (Å²) in [6.45, 7) is 2.47. The van der Waals surface area contributed by atoms with Crippen molar-refractivity contribution < 1.29 is 4.74 Å². The van der Waals surface area contributed by atoms with Gasteiger partial charge in [-0.25, -0.2) is 9.67 Å². The topological polar surface area (TPSA) is 73.1 Å². The van der Waals surface area contributed by atoms with Gasteiger partial charge in [-0.3, -0.25) is 4.79 Å². The first kappa shape index (κ1) is 16.1. The highest BCUT2D eigenvalue weighted by molar-refractivity contribution is 5.32. The van der Waals surface area contributed by atoms with Crippen LogP contribution in [0.25, 0.3) is 0 Å². The number of rotatable bonds is 5.